The average Bonchev–Trinajstić information content (AvgIpc) is 1.99. The molecule has 0 aliphatic rings. The molecule has 16 heavy (non-hydrogen) atoms. The number of carbonyl (C=O) groups is 1. The lowest BCUT2D eigenvalue weighted by Gasteiger charge is -2.43. The number of hydrogen-bond donors (Lipinski definition) is 0. The van der Waals surface area contributed by atoms with E-state index in [1.807, 2.05) is 6.92 Å². The van der Waals surface area contributed by atoms with Crippen LogP contribution in [0.1, 0.15) is 13.3 Å². The van der Waals surface area contributed by atoms with E-state index in [0.29, 0.717) is 11.5 Å². The van der Waals surface area contributed by atoms with Crippen LogP contribution in [-0.4, -0.2) is 38.1 Å². The van der Waals surface area contributed by atoms with E-state index >= 15 is 0 Å². The molecule has 0 N–H and O–H groups in total. The van der Waals surface area contributed by atoms with Crippen molar-refractivity contribution < 1.29 is 4.79 Å². The topological polar surface area (TPSA) is 20.3 Å². The van der Waals surface area contributed by atoms with Crippen LogP contribution >= 0.6 is 11.8 Å². The zero-order valence-electron chi connectivity index (χ0n) is 11.9. The maximum Gasteiger partial charge on any atom is 0.190 e. The SMILES string of the molecule is CCSC(=O)CCN([Si](C)(C)C)[Si](C)(C)C. The Balaban J connectivity index is 4.42. The molecule has 0 amide bonds. The summed E-state index contributed by atoms with van der Waals surface area (Å²) in [6.45, 7) is 17.3. The summed E-state index contributed by atoms with van der Waals surface area (Å²) >= 11 is 1.46. The third kappa shape index (κ3) is 6.22. The predicted octanol–water partition coefficient (Wildman–Crippen LogP) is 3.63. The van der Waals surface area contributed by atoms with Crippen LogP contribution in [0.25, 0.3) is 0 Å². The molecule has 0 rings (SSSR count). The molecule has 0 atom stereocenters. The molecule has 0 heterocycles. The van der Waals surface area contributed by atoms with E-state index in [0.717, 1.165) is 12.3 Å². The van der Waals surface area contributed by atoms with E-state index in [4.69, 9.17) is 0 Å². The van der Waals surface area contributed by atoms with Gasteiger partial charge in [0.25, 0.3) is 0 Å². The van der Waals surface area contributed by atoms with Crippen LogP contribution in [-0.2, 0) is 4.79 Å². The molecule has 0 radical (unpaired) electrons. The van der Waals surface area contributed by atoms with Crippen molar-refractivity contribution in [1.82, 2.24) is 4.23 Å². The molecule has 0 spiro atoms. The summed E-state index contributed by atoms with van der Waals surface area (Å²) in [6.07, 6.45) is 0.715. The molecule has 96 valence electrons. The Hall–Kier alpha value is 0.414. The lowest BCUT2D eigenvalue weighted by atomic mass is 10.5. The summed E-state index contributed by atoms with van der Waals surface area (Å²) in [7, 11) is -2.56. The molecule has 0 aromatic heterocycles. The highest BCUT2D eigenvalue weighted by Gasteiger charge is 2.34. The molecule has 0 aromatic carbocycles. The van der Waals surface area contributed by atoms with E-state index < -0.39 is 16.5 Å². The lowest BCUT2D eigenvalue weighted by Crippen LogP contribution is -2.59. The quantitative estimate of drug-likeness (QED) is 0.692. The monoisotopic (exact) mass is 277 g/mol. The first kappa shape index (κ1) is 16.4. The maximum atomic E-state index is 11.6. The Kier molecular flexibility index (Phi) is 6.54. The third-order valence-corrected chi connectivity index (χ3v) is 11.0. The van der Waals surface area contributed by atoms with Crippen LogP contribution in [0.3, 0.4) is 0 Å². The van der Waals surface area contributed by atoms with Crippen molar-refractivity contribution in [2.45, 2.75) is 52.6 Å². The number of thioether (sulfide) groups is 1. The molecular formula is C11H27NOSSi2. The van der Waals surface area contributed by atoms with E-state index in [9.17, 15) is 4.79 Å². The summed E-state index contributed by atoms with van der Waals surface area (Å²) in [4.78, 5) is 11.6. The van der Waals surface area contributed by atoms with Gasteiger partial charge in [-0.2, -0.15) is 0 Å². The van der Waals surface area contributed by atoms with Gasteiger partial charge in [-0.25, -0.2) is 0 Å². The van der Waals surface area contributed by atoms with Crippen molar-refractivity contribution >= 4 is 33.3 Å². The first-order valence-corrected chi connectivity index (χ1v) is 13.9. The fraction of sp³-hybridized carbons (Fsp3) is 0.909. The zero-order chi connectivity index (χ0) is 13.0. The van der Waals surface area contributed by atoms with E-state index in [-0.39, 0.29) is 0 Å². The minimum absolute atomic E-state index is 0.351. The second kappa shape index (κ2) is 6.37. The zero-order valence-corrected chi connectivity index (χ0v) is 14.7. The summed E-state index contributed by atoms with van der Waals surface area (Å²) in [5.41, 5.74) is 0. The molecule has 0 aliphatic heterocycles. The Morgan fingerprint density at radius 1 is 1.06 bits per heavy atom. The van der Waals surface area contributed by atoms with Crippen LogP contribution in [0.4, 0.5) is 0 Å². The Morgan fingerprint density at radius 3 is 1.81 bits per heavy atom. The largest absolute Gasteiger partial charge is 0.345 e. The van der Waals surface area contributed by atoms with Crippen molar-refractivity contribution in [1.29, 1.82) is 0 Å². The van der Waals surface area contributed by atoms with Crippen molar-refractivity contribution in [2.24, 2.45) is 0 Å². The van der Waals surface area contributed by atoms with Gasteiger partial charge in [0, 0.05) is 6.42 Å². The van der Waals surface area contributed by atoms with Crippen molar-refractivity contribution in [3.05, 3.63) is 0 Å². The van der Waals surface area contributed by atoms with Crippen LogP contribution in [0.15, 0.2) is 0 Å². The Labute approximate surface area is 107 Å². The van der Waals surface area contributed by atoms with Gasteiger partial charge >= 0.3 is 0 Å². The Morgan fingerprint density at radius 2 is 1.50 bits per heavy atom. The molecule has 0 aliphatic carbocycles. The molecule has 0 bridgehead atoms. The van der Waals surface area contributed by atoms with E-state index in [2.05, 4.69) is 43.5 Å². The molecule has 0 saturated carbocycles. The first-order valence-electron chi connectivity index (χ1n) is 6.02. The van der Waals surface area contributed by atoms with Gasteiger partial charge in [0.15, 0.2) is 5.12 Å². The van der Waals surface area contributed by atoms with Crippen LogP contribution in [0.2, 0.25) is 39.3 Å². The van der Waals surface area contributed by atoms with Crippen molar-refractivity contribution in [2.75, 3.05) is 12.3 Å². The van der Waals surface area contributed by atoms with Crippen molar-refractivity contribution in [3.63, 3.8) is 0 Å². The van der Waals surface area contributed by atoms with Gasteiger partial charge in [-0.15, -0.1) is 0 Å². The molecule has 0 aromatic rings. The molecule has 5 heteroatoms. The number of rotatable bonds is 6. The fourth-order valence-electron chi connectivity index (χ4n) is 2.11. The highest BCUT2D eigenvalue weighted by atomic mass is 32.2. The van der Waals surface area contributed by atoms with Crippen molar-refractivity contribution in [3.8, 4) is 0 Å². The van der Waals surface area contributed by atoms with Gasteiger partial charge in [-0.3, -0.25) is 4.79 Å². The van der Waals surface area contributed by atoms with Gasteiger partial charge in [0.1, 0.15) is 16.5 Å². The van der Waals surface area contributed by atoms with E-state index in [1.54, 1.807) is 0 Å². The lowest BCUT2D eigenvalue weighted by molar-refractivity contribution is -0.111. The normalized spacial score (nSPS) is 13.2. The van der Waals surface area contributed by atoms with Crippen LogP contribution < -0.4 is 0 Å². The maximum absolute atomic E-state index is 11.6. The van der Waals surface area contributed by atoms with Gasteiger partial charge in [0.05, 0.1) is 0 Å². The highest BCUT2D eigenvalue weighted by molar-refractivity contribution is 8.13. The number of carbonyl (C=O) groups excluding carboxylic acids is 1. The highest BCUT2D eigenvalue weighted by Crippen LogP contribution is 2.20. The first-order chi connectivity index (χ1) is 7.09. The minimum Gasteiger partial charge on any atom is -0.345 e. The standard InChI is InChI=1S/C11H27NOSSi2/c1-8-14-11(13)9-10-12(15(2,3)4)16(5,6)7/h8-10H2,1-7H3. The average molecular weight is 278 g/mol. The summed E-state index contributed by atoms with van der Waals surface area (Å²) < 4.78 is 2.67. The summed E-state index contributed by atoms with van der Waals surface area (Å²) in [5, 5.41) is 0.351. The smallest absolute Gasteiger partial charge is 0.190 e. The van der Waals surface area contributed by atoms with Crippen LogP contribution in [0.5, 0.6) is 0 Å². The minimum atomic E-state index is -1.28. The summed E-state index contributed by atoms with van der Waals surface area (Å²) in [6, 6.07) is 0. The molecule has 2 nitrogen and oxygen atoms in total. The number of hydrogen-bond acceptors (Lipinski definition) is 3. The summed E-state index contributed by atoms with van der Waals surface area (Å²) in [5.74, 6) is 0.902. The Bertz CT molecular complexity index is 219. The van der Waals surface area contributed by atoms with Gasteiger partial charge < -0.3 is 4.23 Å². The molecule has 0 fully saturated rings. The second-order valence-corrected chi connectivity index (χ2v) is 17.6. The van der Waals surface area contributed by atoms with Crippen LogP contribution in [0, 0.1) is 0 Å². The van der Waals surface area contributed by atoms with Gasteiger partial charge in [0.2, 0.25) is 0 Å². The third-order valence-electron chi connectivity index (χ3n) is 2.46. The molecule has 0 unspecified atom stereocenters. The van der Waals surface area contributed by atoms with Gasteiger partial charge in [-0.05, 0) is 12.3 Å². The van der Waals surface area contributed by atoms with E-state index in [1.165, 1.54) is 11.8 Å². The fourth-order valence-corrected chi connectivity index (χ4v) is 12.3. The number of nitrogens with zero attached hydrogens (tertiary/aromatic N) is 1. The predicted molar refractivity (Wildman–Crippen MR) is 81.2 cm³/mol. The molecular weight excluding hydrogens is 250 g/mol. The molecule has 0 saturated heterocycles. The second-order valence-electron chi connectivity index (χ2n) is 6.05. The van der Waals surface area contributed by atoms with Gasteiger partial charge in [-0.1, -0.05) is 58.0 Å².